The smallest absolute Gasteiger partial charge is 0.351 e. The highest BCUT2D eigenvalue weighted by Gasteiger charge is 2.30. The summed E-state index contributed by atoms with van der Waals surface area (Å²) in [5.74, 6) is -0.863. The summed E-state index contributed by atoms with van der Waals surface area (Å²) in [5, 5.41) is 12.6. The number of alkyl halides is 3. The van der Waals surface area contributed by atoms with Crippen LogP contribution < -0.4 is 11.1 Å². The number of nitrogens with zero attached hydrogens (tertiary/aromatic N) is 4. The number of carbonyl (C=O) groups excluding carboxylic acids is 2. The largest absolute Gasteiger partial charge is 0.416 e. The molecule has 3 amide bonds. The molecule has 0 atom stereocenters. The predicted octanol–water partition coefficient (Wildman–Crippen LogP) is 0.554. The Morgan fingerprint density at radius 3 is 2.68 bits per heavy atom. The summed E-state index contributed by atoms with van der Waals surface area (Å²) in [5.41, 5.74) is 4.00. The van der Waals surface area contributed by atoms with Crippen molar-refractivity contribution in [3.63, 3.8) is 0 Å². The molecule has 0 spiro atoms. The van der Waals surface area contributed by atoms with E-state index < -0.39 is 30.2 Å². The van der Waals surface area contributed by atoms with Crippen LogP contribution in [0.5, 0.6) is 0 Å². The lowest BCUT2D eigenvalue weighted by molar-refractivity contribution is -0.137. The highest BCUT2D eigenvalue weighted by Crippen LogP contribution is 2.31. The Balaban J connectivity index is 2.18. The van der Waals surface area contributed by atoms with E-state index in [4.69, 9.17) is 5.73 Å². The molecule has 0 saturated carbocycles. The number of hydrogen-bond acceptors (Lipinski definition) is 5. The van der Waals surface area contributed by atoms with Gasteiger partial charge in [0.25, 0.3) is 5.91 Å². The second kappa shape index (κ2) is 5.79. The van der Waals surface area contributed by atoms with Crippen LogP contribution in [0.3, 0.4) is 0 Å². The SMILES string of the molecule is NC(=O)NC(=O)Cn1nnc(-c2cccc(C(F)(F)F)c2)n1. The lowest BCUT2D eigenvalue weighted by atomic mass is 10.1. The van der Waals surface area contributed by atoms with E-state index in [1.54, 1.807) is 5.32 Å². The first-order valence-electron chi connectivity index (χ1n) is 5.80. The van der Waals surface area contributed by atoms with Crippen LogP contribution in [0.1, 0.15) is 5.56 Å². The molecule has 1 aromatic carbocycles. The van der Waals surface area contributed by atoms with Gasteiger partial charge in [0.1, 0.15) is 6.54 Å². The van der Waals surface area contributed by atoms with Crippen molar-refractivity contribution in [2.45, 2.75) is 12.7 Å². The lowest BCUT2D eigenvalue weighted by Crippen LogP contribution is -2.37. The molecule has 11 heteroatoms. The molecule has 22 heavy (non-hydrogen) atoms. The standard InChI is InChI=1S/C11H9F3N6O2/c12-11(13,14)7-3-1-2-6(4-7)9-17-19-20(18-9)5-8(21)16-10(15)22/h1-4H,5H2,(H3,15,16,21,22). The van der Waals surface area contributed by atoms with Gasteiger partial charge in [0.15, 0.2) is 0 Å². The number of amides is 3. The number of carbonyl (C=O) groups is 2. The Kier molecular flexibility index (Phi) is 4.06. The Morgan fingerprint density at radius 1 is 1.32 bits per heavy atom. The van der Waals surface area contributed by atoms with E-state index in [0.29, 0.717) is 0 Å². The quantitative estimate of drug-likeness (QED) is 0.858. The third kappa shape index (κ3) is 3.77. The number of urea groups is 1. The van der Waals surface area contributed by atoms with Crippen molar-refractivity contribution in [1.29, 1.82) is 0 Å². The van der Waals surface area contributed by atoms with Gasteiger partial charge in [-0.05, 0) is 17.3 Å². The molecule has 0 unspecified atom stereocenters. The molecule has 2 aromatic rings. The Bertz CT molecular complexity index is 712. The van der Waals surface area contributed by atoms with E-state index in [1.807, 2.05) is 0 Å². The number of nitrogens with two attached hydrogens (primary N) is 1. The molecule has 0 radical (unpaired) electrons. The van der Waals surface area contributed by atoms with Gasteiger partial charge >= 0.3 is 12.2 Å². The van der Waals surface area contributed by atoms with Crippen molar-refractivity contribution in [3.05, 3.63) is 29.8 Å². The minimum atomic E-state index is -4.49. The van der Waals surface area contributed by atoms with Crippen molar-refractivity contribution >= 4 is 11.9 Å². The third-order valence-corrected chi connectivity index (χ3v) is 2.45. The van der Waals surface area contributed by atoms with Crippen molar-refractivity contribution in [2.24, 2.45) is 5.73 Å². The molecular weight excluding hydrogens is 305 g/mol. The summed E-state index contributed by atoms with van der Waals surface area (Å²) in [6.45, 7) is -0.450. The highest BCUT2D eigenvalue weighted by molar-refractivity contribution is 5.93. The molecule has 8 nitrogen and oxygen atoms in total. The molecule has 116 valence electrons. The van der Waals surface area contributed by atoms with Gasteiger partial charge in [-0.25, -0.2) is 4.79 Å². The lowest BCUT2D eigenvalue weighted by Gasteiger charge is -2.06. The number of aromatic nitrogens is 4. The van der Waals surface area contributed by atoms with Crippen LogP contribution in [-0.2, 0) is 17.5 Å². The van der Waals surface area contributed by atoms with Crippen molar-refractivity contribution in [3.8, 4) is 11.4 Å². The molecule has 0 bridgehead atoms. The molecule has 1 aromatic heterocycles. The van der Waals surface area contributed by atoms with Crippen molar-refractivity contribution < 1.29 is 22.8 Å². The van der Waals surface area contributed by atoms with Crippen LogP contribution in [0.15, 0.2) is 24.3 Å². The number of imide groups is 1. The van der Waals surface area contributed by atoms with Gasteiger partial charge in [-0.1, -0.05) is 12.1 Å². The number of primary amides is 1. The maximum absolute atomic E-state index is 12.6. The molecule has 0 fully saturated rings. The van der Waals surface area contributed by atoms with Crippen LogP contribution in [0, 0.1) is 0 Å². The van der Waals surface area contributed by atoms with E-state index in [2.05, 4.69) is 15.4 Å². The fourth-order valence-electron chi connectivity index (χ4n) is 1.57. The number of rotatable bonds is 3. The highest BCUT2D eigenvalue weighted by atomic mass is 19.4. The third-order valence-electron chi connectivity index (χ3n) is 2.45. The molecule has 3 N–H and O–H groups in total. The zero-order valence-electron chi connectivity index (χ0n) is 10.8. The zero-order valence-corrected chi connectivity index (χ0v) is 10.8. The predicted molar refractivity (Wildman–Crippen MR) is 66.0 cm³/mol. The van der Waals surface area contributed by atoms with Crippen LogP contribution in [0.4, 0.5) is 18.0 Å². The maximum Gasteiger partial charge on any atom is 0.416 e. The summed E-state index contributed by atoms with van der Waals surface area (Å²) < 4.78 is 37.9. The molecule has 0 aliphatic rings. The number of nitrogens with one attached hydrogen (secondary N) is 1. The van der Waals surface area contributed by atoms with Crippen LogP contribution in [0.25, 0.3) is 11.4 Å². The van der Waals surface area contributed by atoms with E-state index in [0.717, 1.165) is 16.9 Å². The van der Waals surface area contributed by atoms with Crippen molar-refractivity contribution in [1.82, 2.24) is 25.5 Å². The maximum atomic E-state index is 12.6. The summed E-state index contributed by atoms with van der Waals surface area (Å²) in [6.07, 6.45) is -4.49. The Hall–Kier alpha value is -2.98. The number of tetrazole rings is 1. The van der Waals surface area contributed by atoms with E-state index >= 15 is 0 Å². The monoisotopic (exact) mass is 314 g/mol. The number of hydrogen-bond donors (Lipinski definition) is 2. The minimum absolute atomic E-state index is 0.0852. The normalized spacial score (nSPS) is 11.2. The first-order valence-corrected chi connectivity index (χ1v) is 5.80. The van der Waals surface area contributed by atoms with Gasteiger partial charge in [0.2, 0.25) is 5.82 Å². The summed E-state index contributed by atoms with van der Waals surface area (Å²) in [4.78, 5) is 22.6. The van der Waals surface area contributed by atoms with Crippen LogP contribution in [-0.4, -0.2) is 32.1 Å². The van der Waals surface area contributed by atoms with Gasteiger partial charge in [-0.15, -0.1) is 10.2 Å². The minimum Gasteiger partial charge on any atom is -0.351 e. The molecular formula is C11H9F3N6O2. The first-order chi connectivity index (χ1) is 10.3. The topological polar surface area (TPSA) is 116 Å². The second-order valence-electron chi connectivity index (χ2n) is 4.13. The number of halogens is 3. The summed E-state index contributed by atoms with van der Waals surface area (Å²) in [6, 6.07) is 3.32. The molecule has 0 aliphatic heterocycles. The van der Waals surface area contributed by atoms with Gasteiger partial charge < -0.3 is 5.73 Å². The molecule has 0 aliphatic carbocycles. The van der Waals surface area contributed by atoms with Crippen molar-refractivity contribution in [2.75, 3.05) is 0 Å². The summed E-state index contributed by atoms with van der Waals surface area (Å²) >= 11 is 0. The average molecular weight is 314 g/mol. The van der Waals surface area contributed by atoms with Gasteiger partial charge in [-0.3, -0.25) is 10.1 Å². The zero-order chi connectivity index (χ0) is 16.3. The van der Waals surface area contributed by atoms with Gasteiger partial charge in [0, 0.05) is 5.56 Å². The van der Waals surface area contributed by atoms with Crippen LogP contribution >= 0.6 is 0 Å². The first kappa shape index (κ1) is 15.4. The van der Waals surface area contributed by atoms with E-state index in [1.165, 1.54) is 12.1 Å². The van der Waals surface area contributed by atoms with Crippen LogP contribution in [0.2, 0.25) is 0 Å². The fourth-order valence-corrected chi connectivity index (χ4v) is 1.57. The second-order valence-corrected chi connectivity index (χ2v) is 4.13. The Labute approximate surface area is 121 Å². The molecule has 0 saturated heterocycles. The fraction of sp³-hybridized carbons (Fsp3) is 0.182. The average Bonchev–Trinajstić information content (AvgIpc) is 2.85. The van der Waals surface area contributed by atoms with E-state index in [-0.39, 0.29) is 11.4 Å². The van der Waals surface area contributed by atoms with Gasteiger partial charge in [0.05, 0.1) is 5.56 Å². The molecule has 2 rings (SSSR count). The number of benzene rings is 1. The molecule has 1 heterocycles. The summed E-state index contributed by atoms with van der Waals surface area (Å²) in [7, 11) is 0. The van der Waals surface area contributed by atoms with E-state index in [9.17, 15) is 22.8 Å². The van der Waals surface area contributed by atoms with Gasteiger partial charge in [-0.2, -0.15) is 18.0 Å². The Morgan fingerprint density at radius 2 is 2.05 bits per heavy atom.